The predicted octanol–water partition coefficient (Wildman–Crippen LogP) is 8.36. The Bertz CT molecular complexity index is 1360. The highest BCUT2D eigenvalue weighted by molar-refractivity contribution is 5.84. The first-order valence-electron chi connectivity index (χ1n) is 12.1. The van der Waals surface area contributed by atoms with Crippen molar-refractivity contribution in [2.75, 3.05) is 0 Å². The van der Waals surface area contributed by atoms with Crippen molar-refractivity contribution in [3.63, 3.8) is 0 Å². The molecule has 0 bridgehead atoms. The molecule has 0 fully saturated rings. The number of hydrogen-bond acceptors (Lipinski definition) is 0. The third kappa shape index (κ3) is 2.33. The van der Waals surface area contributed by atoms with Gasteiger partial charge in [0, 0.05) is 10.8 Å². The van der Waals surface area contributed by atoms with Crippen molar-refractivity contribution in [1.82, 2.24) is 0 Å². The van der Waals surface area contributed by atoms with Crippen LogP contribution in [-0.4, -0.2) is 0 Å². The standard InChI is InChI=1S/C34H26/c1-33(29-15-7-3-11-25(29)26-12-4-8-16-30(26)33)23-19-21-24(22-20-23)34(2)31-17-9-5-13-27(31)28-14-6-10-18-32(28)34/h3-22H,1-2H3. The van der Waals surface area contributed by atoms with E-state index in [1.165, 1.54) is 55.6 Å². The molecule has 0 saturated carbocycles. The summed E-state index contributed by atoms with van der Waals surface area (Å²) in [6.45, 7) is 4.77. The maximum atomic E-state index is 2.38. The van der Waals surface area contributed by atoms with Crippen LogP contribution in [0.15, 0.2) is 121 Å². The summed E-state index contributed by atoms with van der Waals surface area (Å²) >= 11 is 0. The van der Waals surface area contributed by atoms with E-state index in [1.54, 1.807) is 0 Å². The van der Waals surface area contributed by atoms with Crippen LogP contribution in [-0.2, 0) is 10.8 Å². The van der Waals surface area contributed by atoms with Gasteiger partial charge in [0.2, 0.25) is 0 Å². The molecule has 0 aliphatic heterocycles. The number of benzene rings is 5. The van der Waals surface area contributed by atoms with Gasteiger partial charge in [0.05, 0.1) is 0 Å². The van der Waals surface area contributed by atoms with Gasteiger partial charge in [-0.2, -0.15) is 0 Å². The Hall–Kier alpha value is -3.90. The van der Waals surface area contributed by atoms with E-state index in [-0.39, 0.29) is 10.8 Å². The summed E-state index contributed by atoms with van der Waals surface area (Å²) in [6, 6.07) is 45.0. The van der Waals surface area contributed by atoms with Gasteiger partial charge in [-0.15, -0.1) is 0 Å². The van der Waals surface area contributed by atoms with Gasteiger partial charge in [0.15, 0.2) is 0 Å². The lowest BCUT2D eigenvalue weighted by Gasteiger charge is -2.31. The highest BCUT2D eigenvalue weighted by Crippen LogP contribution is 2.54. The van der Waals surface area contributed by atoms with Crippen LogP contribution in [0.4, 0.5) is 0 Å². The van der Waals surface area contributed by atoms with Gasteiger partial charge >= 0.3 is 0 Å². The summed E-state index contributed by atoms with van der Waals surface area (Å²) in [6.07, 6.45) is 0. The number of fused-ring (bicyclic) bond motifs is 6. The SMILES string of the molecule is CC1(c2ccc(C3(C)c4ccccc4-c4ccccc43)cc2)c2ccccc2-c2ccccc21. The fourth-order valence-corrected chi connectivity index (χ4v) is 6.67. The maximum absolute atomic E-state index is 2.38. The average molecular weight is 435 g/mol. The zero-order valence-corrected chi connectivity index (χ0v) is 19.5. The van der Waals surface area contributed by atoms with E-state index in [0.29, 0.717) is 0 Å². The molecule has 0 nitrogen and oxygen atoms in total. The second kappa shape index (κ2) is 6.81. The Balaban J connectivity index is 1.40. The topological polar surface area (TPSA) is 0 Å². The molecule has 162 valence electrons. The van der Waals surface area contributed by atoms with Gasteiger partial charge in [-0.25, -0.2) is 0 Å². The molecule has 0 amide bonds. The zero-order valence-electron chi connectivity index (χ0n) is 19.5. The Morgan fingerprint density at radius 1 is 0.324 bits per heavy atom. The molecule has 0 unspecified atom stereocenters. The minimum atomic E-state index is -0.155. The van der Waals surface area contributed by atoms with Crippen molar-refractivity contribution in [1.29, 1.82) is 0 Å². The van der Waals surface area contributed by atoms with Crippen LogP contribution >= 0.6 is 0 Å². The lowest BCUT2D eigenvalue weighted by atomic mass is 9.71. The monoisotopic (exact) mass is 434 g/mol. The van der Waals surface area contributed by atoms with Crippen molar-refractivity contribution in [3.8, 4) is 22.3 Å². The van der Waals surface area contributed by atoms with Crippen molar-refractivity contribution in [2.24, 2.45) is 0 Å². The minimum absolute atomic E-state index is 0.155. The van der Waals surface area contributed by atoms with E-state index in [4.69, 9.17) is 0 Å². The van der Waals surface area contributed by atoms with Gasteiger partial charge in [0.25, 0.3) is 0 Å². The molecule has 0 N–H and O–H groups in total. The van der Waals surface area contributed by atoms with Crippen molar-refractivity contribution in [2.45, 2.75) is 24.7 Å². The largest absolute Gasteiger partial charge is 0.0619 e. The summed E-state index contributed by atoms with van der Waals surface area (Å²) in [7, 11) is 0. The van der Waals surface area contributed by atoms with Crippen LogP contribution in [0.5, 0.6) is 0 Å². The molecule has 0 spiro atoms. The third-order valence-corrected chi connectivity index (χ3v) is 8.48. The van der Waals surface area contributed by atoms with Gasteiger partial charge in [-0.05, 0) is 69.5 Å². The van der Waals surface area contributed by atoms with Crippen molar-refractivity contribution >= 4 is 0 Å². The van der Waals surface area contributed by atoms with Crippen LogP contribution in [0, 0.1) is 0 Å². The summed E-state index contributed by atoms with van der Waals surface area (Å²) in [4.78, 5) is 0. The zero-order chi connectivity index (χ0) is 22.9. The minimum Gasteiger partial charge on any atom is -0.0619 e. The Morgan fingerprint density at radius 3 is 0.824 bits per heavy atom. The van der Waals surface area contributed by atoms with Gasteiger partial charge in [-0.1, -0.05) is 121 Å². The van der Waals surface area contributed by atoms with Gasteiger partial charge in [0.1, 0.15) is 0 Å². The Labute approximate surface area is 201 Å². The van der Waals surface area contributed by atoms with Crippen LogP contribution in [0.1, 0.15) is 47.2 Å². The number of rotatable bonds is 2. The van der Waals surface area contributed by atoms with E-state index in [9.17, 15) is 0 Å². The second-order valence-electron chi connectivity index (χ2n) is 10.0. The van der Waals surface area contributed by atoms with Crippen LogP contribution in [0.3, 0.4) is 0 Å². The molecule has 0 heterocycles. The first-order valence-corrected chi connectivity index (χ1v) is 12.1. The van der Waals surface area contributed by atoms with Crippen molar-refractivity contribution < 1.29 is 0 Å². The third-order valence-electron chi connectivity index (χ3n) is 8.48. The highest BCUT2D eigenvalue weighted by atomic mass is 14.4. The predicted molar refractivity (Wildman–Crippen MR) is 141 cm³/mol. The Morgan fingerprint density at radius 2 is 0.559 bits per heavy atom. The molecule has 5 aromatic carbocycles. The average Bonchev–Trinajstić information content (AvgIpc) is 3.33. The number of hydrogen-bond donors (Lipinski definition) is 0. The van der Waals surface area contributed by atoms with Crippen molar-refractivity contribution in [3.05, 3.63) is 155 Å². The molecule has 0 saturated heterocycles. The molecule has 2 aliphatic rings. The fraction of sp³-hybridized carbons (Fsp3) is 0.118. The molecule has 5 aromatic rings. The first-order chi connectivity index (χ1) is 16.6. The molecule has 7 rings (SSSR count). The summed E-state index contributed by atoms with van der Waals surface area (Å²) < 4.78 is 0. The fourth-order valence-electron chi connectivity index (χ4n) is 6.67. The lowest BCUT2D eigenvalue weighted by Crippen LogP contribution is -2.25. The van der Waals surface area contributed by atoms with Gasteiger partial charge in [-0.3, -0.25) is 0 Å². The summed E-state index contributed by atoms with van der Waals surface area (Å²) in [5, 5.41) is 0. The Kier molecular flexibility index (Phi) is 3.92. The molecule has 0 heteroatoms. The van der Waals surface area contributed by atoms with E-state index < -0.39 is 0 Å². The first kappa shape index (κ1) is 19.6. The molecule has 0 aromatic heterocycles. The molecular formula is C34H26. The van der Waals surface area contributed by atoms with E-state index in [1.807, 2.05) is 0 Å². The van der Waals surface area contributed by atoms with Crippen LogP contribution < -0.4 is 0 Å². The smallest absolute Gasteiger partial charge is 0.0435 e. The highest BCUT2D eigenvalue weighted by Gasteiger charge is 2.42. The molecule has 0 radical (unpaired) electrons. The van der Waals surface area contributed by atoms with Gasteiger partial charge < -0.3 is 0 Å². The quantitative estimate of drug-likeness (QED) is 0.262. The second-order valence-corrected chi connectivity index (χ2v) is 10.0. The van der Waals surface area contributed by atoms with E-state index in [0.717, 1.165) is 0 Å². The summed E-state index contributed by atoms with van der Waals surface area (Å²) in [5.41, 5.74) is 13.4. The van der Waals surface area contributed by atoms with E-state index >= 15 is 0 Å². The lowest BCUT2D eigenvalue weighted by molar-refractivity contribution is 0.697. The van der Waals surface area contributed by atoms with Crippen LogP contribution in [0.2, 0.25) is 0 Å². The van der Waals surface area contributed by atoms with Crippen LogP contribution in [0.25, 0.3) is 22.3 Å². The molecular weight excluding hydrogens is 408 g/mol. The molecule has 2 aliphatic carbocycles. The molecule has 34 heavy (non-hydrogen) atoms. The molecule has 0 atom stereocenters. The maximum Gasteiger partial charge on any atom is 0.0435 e. The normalized spacial score (nSPS) is 15.8. The summed E-state index contributed by atoms with van der Waals surface area (Å²) in [5.74, 6) is 0. The van der Waals surface area contributed by atoms with E-state index in [2.05, 4.69) is 135 Å².